The van der Waals surface area contributed by atoms with E-state index in [9.17, 15) is 14.4 Å². The second kappa shape index (κ2) is 5.44. The molecule has 0 bridgehead atoms. The van der Waals surface area contributed by atoms with E-state index in [0.29, 0.717) is 10.8 Å². The number of amides is 2. The molecule has 5 nitrogen and oxygen atoms in total. The normalized spacial score (nSPS) is 15.4. The average molecular weight is 279 g/mol. The molecule has 6 heteroatoms. The van der Waals surface area contributed by atoms with Crippen LogP contribution in [0.5, 0.6) is 0 Å². The van der Waals surface area contributed by atoms with E-state index in [1.165, 1.54) is 23.9 Å². The lowest BCUT2D eigenvalue weighted by molar-refractivity contribution is -0.172. The number of thioether (sulfide) groups is 1. The van der Waals surface area contributed by atoms with Crippen LogP contribution in [-0.2, 0) is 9.63 Å². The molecule has 0 aromatic heterocycles. The van der Waals surface area contributed by atoms with Crippen molar-refractivity contribution in [3.05, 3.63) is 35.4 Å². The Kier molecular flexibility index (Phi) is 3.90. The van der Waals surface area contributed by atoms with E-state index in [-0.39, 0.29) is 17.0 Å². The summed E-state index contributed by atoms with van der Waals surface area (Å²) in [5.41, 5.74) is 0.524. The number of nitrogens with zero attached hydrogens (tertiary/aromatic N) is 1. The average Bonchev–Trinajstić information content (AvgIpc) is 2.65. The van der Waals surface area contributed by atoms with Crippen LogP contribution in [0.4, 0.5) is 0 Å². The maximum atomic E-state index is 11.9. The number of rotatable bonds is 4. The molecule has 0 saturated heterocycles. The third kappa shape index (κ3) is 2.49. The maximum absolute atomic E-state index is 11.9. The first-order chi connectivity index (χ1) is 9.06. The van der Waals surface area contributed by atoms with E-state index >= 15 is 0 Å². The van der Waals surface area contributed by atoms with Crippen LogP contribution in [0.1, 0.15) is 27.6 Å². The lowest BCUT2D eigenvalue weighted by atomic mass is 10.1. The molecule has 1 aromatic rings. The van der Waals surface area contributed by atoms with Gasteiger partial charge in [-0.05, 0) is 18.4 Å². The fourth-order valence-electron chi connectivity index (χ4n) is 1.75. The molecule has 100 valence electrons. The van der Waals surface area contributed by atoms with Crippen LogP contribution >= 0.6 is 11.8 Å². The zero-order valence-corrected chi connectivity index (χ0v) is 11.4. The van der Waals surface area contributed by atoms with Gasteiger partial charge in [-0.1, -0.05) is 24.1 Å². The smallest absolute Gasteiger partial charge is 0.329 e. The van der Waals surface area contributed by atoms with Crippen LogP contribution in [0.15, 0.2) is 24.3 Å². The predicted octanol–water partition coefficient (Wildman–Crippen LogP) is 1.74. The molecule has 1 aliphatic heterocycles. The van der Waals surface area contributed by atoms with E-state index in [2.05, 4.69) is 0 Å². The molecule has 19 heavy (non-hydrogen) atoms. The fourth-order valence-corrected chi connectivity index (χ4v) is 2.38. The molecule has 0 aliphatic carbocycles. The fraction of sp³-hybridized carbons (Fsp3) is 0.308. The van der Waals surface area contributed by atoms with Crippen LogP contribution in [0.2, 0.25) is 0 Å². The Morgan fingerprint density at radius 2 is 1.79 bits per heavy atom. The first-order valence-electron chi connectivity index (χ1n) is 5.74. The van der Waals surface area contributed by atoms with Crippen LogP contribution < -0.4 is 0 Å². The Labute approximate surface area is 114 Å². The third-order valence-electron chi connectivity index (χ3n) is 2.76. The van der Waals surface area contributed by atoms with Gasteiger partial charge in [0.25, 0.3) is 11.8 Å². The highest BCUT2D eigenvalue weighted by Crippen LogP contribution is 2.23. The Morgan fingerprint density at radius 1 is 1.26 bits per heavy atom. The standard InChI is InChI=1S/C13H13NO4S/c1-8(7-19-2)13(17)18-14-11(15)9-5-3-4-6-10(9)12(14)16/h3-6,8H,7H2,1-2H3. The van der Waals surface area contributed by atoms with Gasteiger partial charge in [-0.3, -0.25) is 9.59 Å². The summed E-state index contributed by atoms with van der Waals surface area (Å²) in [5, 5.41) is 0.545. The molecule has 1 aliphatic rings. The minimum Gasteiger partial charge on any atom is -0.329 e. The van der Waals surface area contributed by atoms with Gasteiger partial charge in [0.15, 0.2) is 0 Å². The van der Waals surface area contributed by atoms with Crippen LogP contribution in [0, 0.1) is 5.92 Å². The predicted molar refractivity (Wildman–Crippen MR) is 70.6 cm³/mol. The van der Waals surface area contributed by atoms with Gasteiger partial charge < -0.3 is 4.84 Å². The number of hydrogen-bond donors (Lipinski definition) is 0. The first kappa shape index (κ1) is 13.6. The molecule has 2 amide bonds. The van der Waals surface area contributed by atoms with Crippen molar-refractivity contribution >= 4 is 29.5 Å². The second-order valence-corrected chi connectivity index (χ2v) is 5.13. The zero-order chi connectivity index (χ0) is 14.0. The SMILES string of the molecule is CSCC(C)C(=O)ON1C(=O)c2ccccc2C1=O. The number of benzene rings is 1. The molecule has 2 rings (SSSR count). The van der Waals surface area contributed by atoms with Crippen LogP contribution in [-0.4, -0.2) is 34.9 Å². The molecule has 0 N–H and O–H groups in total. The Bertz CT molecular complexity index is 508. The molecule has 0 radical (unpaired) electrons. The quantitative estimate of drug-likeness (QED) is 0.786. The Morgan fingerprint density at radius 3 is 2.26 bits per heavy atom. The van der Waals surface area contributed by atoms with Gasteiger partial charge in [-0.15, -0.1) is 0 Å². The van der Waals surface area contributed by atoms with Crippen molar-refractivity contribution in [2.45, 2.75) is 6.92 Å². The minimum atomic E-state index is -0.592. The van der Waals surface area contributed by atoms with Gasteiger partial charge in [-0.25, -0.2) is 4.79 Å². The first-order valence-corrected chi connectivity index (χ1v) is 7.14. The number of carbonyl (C=O) groups excluding carboxylic acids is 3. The van der Waals surface area contributed by atoms with Gasteiger partial charge in [0.2, 0.25) is 0 Å². The molecular weight excluding hydrogens is 266 g/mol. The van der Waals surface area contributed by atoms with Crippen molar-refractivity contribution in [2.24, 2.45) is 5.92 Å². The highest BCUT2D eigenvalue weighted by atomic mass is 32.2. The third-order valence-corrected chi connectivity index (χ3v) is 3.59. The molecule has 1 atom stereocenters. The van der Waals surface area contributed by atoms with Gasteiger partial charge in [0.05, 0.1) is 17.0 Å². The molecule has 1 heterocycles. The summed E-state index contributed by atoms with van der Waals surface area (Å²) in [4.78, 5) is 40.6. The maximum Gasteiger partial charge on any atom is 0.336 e. The van der Waals surface area contributed by atoms with Gasteiger partial charge >= 0.3 is 5.97 Å². The molecule has 1 unspecified atom stereocenters. The van der Waals surface area contributed by atoms with E-state index in [0.717, 1.165) is 0 Å². The highest BCUT2D eigenvalue weighted by molar-refractivity contribution is 7.98. The number of hydrogen-bond acceptors (Lipinski definition) is 5. The van der Waals surface area contributed by atoms with Crippen molar-refractivity contribution < 1.29 is 19.2 Å². The minimum absolute atomic E-state index is 0.262. The van der Waals surface area contributed by atoms with Crippen molar-refractivity contribution in [2.75, 3.05) is 12.0 Å². The Hall–Kier alpha value is -1.82. The van der Waals surface area contributed by atoms with Crippen LogP contribution in [0.25, 0.3) is 0 Å². The molecule has 1 aromatic carbocycles. The van der Waals surface area contributed by atoms with Crippen molar-refractivity contribution in [1.82, 2.24) is 5.06 Å². The lowest BCUT2D eigenvalue weighted by Crippen LogP contribution is -2.35. The van der Waals surface area contributed by atoms with E-state index in [4.69, 9.17) is 4.84 Å². The molecule has 0 spiro atoms. The number of fused-ring (bicyclic) bond motifs is 1. The zero-order valence-electron chi connectivity index (χ0n) is 10.6. The molecule has 0 fully saturated rings. The monoisotopic (exact) mass is 279 g/mol. The number of hydroxylamine groups is 2. The van der Waals surface area contributed by atoms with E-state index < -0.39 is 17.8 Å². The lowest BCUT2D eigenvalue weighted by Gasteiger charge is -2.15. The molecular formula is C13H13NO4S. The molecule has 0 saturated carbocycles. The summed E-state index contributed by atoms with van der Waals surface area (Å²) < 4.78 is 0. The van der Waals surface area contributed by atoms with E-state index in [1.54, 1.807) is 19.1 Å². The summed E-state index contributed by atoms with van der Waals surface area (Å²) >= 11 is 1.50. The summed E-state index contributed by atoms with van der Waals surface area (Å²) in [6.07, 6.45) is 1.87. The van der Waals surface area contributed by atoms with Gasteiger partial charge in [0.1, 0.15) is 0 Å². The van der Waals surface area contributed by atoms with Crippen LogP contribution in [0.3, 0.4) is 0 Å². The van der Waals surface area contributed by atoms with Crippen molar-refractivity contribution in [3.63, 3.8) is 0 Å². The summed E-state index contributed by atoms with van der Waals surface area (Å²) in [5.74, 6) is -1.57. The topological polar surface area (TPSA) is 63.7 Å². The van der Waals surface area contributed by atoms with Crippen molar-refractivity contribution in [1.29, 1.82) is 0 Å². The highest BCUT2D eigenvalue weighted by Gasteiger charge is 2.39. The number of imide groups is 1. The second-order valence-electron chi connectivity index (χ2n) is 4.22. The summed E-state index contributed by atoms with van der Waals surface area (Å²) in [6, 6.07) is 6.39. The van der Waals surface area contributed by atoms with Crippen molar-refractivity contribution in [3.8, 4) is 0 Å². The van der Waals surface area contributed by atoms with Gasteiger partial charge in [-0.2, -0.15) is 11.8 Å². The summed E-state index contributed by atoms with van der Waals surface area (Å²) in [6.45, 7) is 1.69. The Balaban J connectivity index is 2.14. The summed E-state index contributed by atoms with van der Waals surface area (Å²) in [7, 11) is 0. The van der Waals surface area contributed by atoms with E-state index in [1.807, 2.05) is 6.26 Å². The number of carbonyl (C=O) groups is 3. The largest absolute Gasteiger partial charge is 0.336 e. The van der Waals surface area contributed by atoms with Gasteiger partial charge in [0, 0.05) is 5.75 Å².